The fourth-order valence-corrected chi connectivity index (χ4v) is 3.27. The Kier molecular flexibility index (Phi) is 7.95. The van der Waals surface area contributed by atoms with Gasteiger partial charge >= 0.3 is 0 Å². The molecular weight excluding hydrogens is 414 g/mol. The van der Waals surface area contributed by atoms with E-state index in [9.17, 15) is 14.4 Å². The summed E-state index contributed by atoms with van der Waals surface area (Å²) in [6, 6.07) is 4.74. The maximum Gasteiger partial charge on any atom is 0.272 e. The third kappa shape index (κ3) is 5.15. The minimum atomic E-state index is -0.849. The van der Waals surface area contributed by atoms with Crippen molar-refractivity contribution < 1.29 is 28.6 Å². The first-order chi connectivity index (χ1) is 14.3. The molecule has 0 radical (unpaired) electrons. The number of rotatable bonds is 10. The molecule has 2 aromatic rings. The molecule has 0 fully saturated rings. The van der Waals surface area contributed by atoms with E-state index in [2.05, 4.69) is 9.69 Å². The summed E-state index contributed by atoms with van der Waals surface area (Å²) >= 11 is 0.727. The summed E-state index contributed by atoms with van der Waals surface area (Å²) in [5.41, 5.74) is 11.1. The number of anilines is 2. The van der Waals surface area contributed by atoms with Gasteiger partial charge in [-0.1, -0.05) is 0 Å². The van der Waals surface area contributed by atoms with Gasteiger partial charge in [-0.15, -0.1) is 0 Å². The van der Waals surface area contributed by atoms with E-state index in [1.54, 1.807) is 18.2 Å². The van der Waals surface area contributed by atoms with Crippen molar-refractivity contribution >= 4 is 40.6 Å². The number of nitrogens with two attached hydrogens (primary N) is 2. The third-order valence-corrected chi connectivity index (χ3v) is 4.86. The van der Waals surface area contributed by atoms with Crippen LogP contribution in [0.25, 0.3) is 0 Å². The first kappa shape index (κ1) is 22.9. The van der Waals surface area contributed by atoms with Crippen molar-refractivity contribution in [1.82, 2.24) is 9.69 Å². The molecule has 3 amide bonds. The Morgan fingerprint density at radius 1 is 1.17 bits per heavy atom. The van der Waals surface area contributed by atoms with Gasteiger partial charge in [-0.2, -0.15) is 4.37 Å². The van der Waals surface area contributed by atoms with Gasteiger partial charge in [0.05, 0.1) is 26.5 Å². The molecule has 0 saturated carbocycles. The van der Waals surface area contributed by atoms with Gasteiger partial charge in [0, 0.05) is 25.4 Å². The number of carbonyl (C=O) groups is 3. The highest BCUT2D eigenvalue weighted by Gasteiger charge is 2.28. The standard InChI is InChI=1S/C18H23N5O6S/c1-27-7-6-21-13(24)9-23(10-4-5-11(28-2)12(8-10)29-3)18(26)16-14(19)15(17(20)25)22-30-16/h4-5,8H,6-7,9,19H2,1-3H3,(H2,20,25)(H,21,24). The zero-order valence-corrected chi connectivity index (χ0v) is 17.6. The first-order valence-electron chi connectivity index (χ1n) is 8.68. The lowest BCUT2D eigenvalue weighted by atomic mass is 10.2. The Morgan fingerprint density at radius 3 is 2.43 bits per heavy atom. The van der Waals surface area contributed by atoms with Crippen molar-refractivity contribution in [2.75, 3.05) is 51.7 Å². The zero-order chi connectivity index (χ0) is 22.3. The Hall–Kier alpha value is -3.38. The summed E-state index contributed by atoms with van der Waals surface area (Å²) in [7, 11) is 4.44. The normalized spacial score (nSPS) is 10.4. The number of ether oxygens (including phenoxy) is 3. The highest BCUT2D eigenvalue weighted by atomic mass is 32.1. The summed E-state index contributed by atoms with van der Waals surface area (Å²) < 4.78 is 19.2. The van der Waals surface area contributed by atoms with Crippen molar-refractivity contribution in [3.63, 3.8) is 0 Å². The summed E-state index contributed by atoms with van der Waals surface area (Å²) in [5.74, 6) is -1.08. The lowest BCUT2D eigenvalue weighted by Gasteiger charge is -2.23. The number of hydrogen-bond donors (Lipinski definition) is 3. The van der Waals surface area contributed by atoms with Gasteiger partial charge in [-0.3, -0.25) is 19.3 Å². The first-order valence-corrected chi connectivity index (χ1v) is 9.45. The number of carbonyl (C=O) groups excluding carboxylic acids is 3. The van der Waals surface area contributed by atoms with Gasteiger partial charge in [0.2, 0.25) is 5.91 Å². The van der Waals surface area contributed by atoms with E-state index in [4.69, 9.17) is 25.7 Å². The molecule has 1 aromatic carbocycles. The maximum atomic E-state index is 13.2. The van der Waals surface area contributed by atoms with E-state index in [-0.39, 0.29) is 29.3 Å². The van der Waals surface area contributed by atoms with Crippen LogP contribution < -0.4 is 31.2 Å². The topological polar surface area (TPSA) is 159 Å². The highest BCUT2D eigenvalue weighted by Crippen LogP contribution is 2.33. The lowest BCUT2D eigenvalue weighted by Crippen LogP contribution is -2.41. The van der Waals surface area contributed by atoms with Crippen LogP contribution >= 0.6 is 11.5 Å². The van der Waals surface area contributed by atoms with Crippen molar-refractivity contribution in [2.45, 2.75) is 0 Å². The van der Waals surface area contributed by atoms with E-state index >= 15 is 0 Å². The molecule has 0 bridgehead atoms. The minimum absolute atomic E-state index is 0.0109. The second-order valence-electron chi connectivity index (χ2n) is 5.91. The van der Waals surface area contributed by atoms with Crippen LogP contribution in [0.5, 0.6) is 11.5 Å². The Labute approximate surface area is 177 Å². The van der Waals surface area contributed by atoms with Crippen LogP contribution in [0, 0.1) is 0 Å². The van der Waals surface area contributed by atoms with Gasteiger partial charge in [-0.25, -0.2) is 0 Å². The van der Waals surface area contributed by atoms with E-state index in [1.807, 2.05) is 0 Å². The number of benzene rings is 1. The summed E-state index contributed by atoms with van der Waals surface area (Å²) in [5, 5.41) is 2.65. The molecule has 11 nitrogen and oxygen atoms in total. The Balaban J connectivity index is 2.42. The molecule has 5 N–H and O–H groups in total. The number of hydrogen-bond acceptors (Lipinski definition) is 9. The molecule has 0 saturated heterocycles. The summed E-state index contributed by atoms with van der Waals surface area (Å²) in [6.45, 7) is 0.277. The van der Waals surface area contributed by atoms with Crippen LogP contribution in [0.3, 0.4) is 0 Å². The van der Waals surface area contributed by atoms with Crippen LogP contribution in [0.1, 0.15) is 20.2 Å². The van der Waals surface area contributed by atoms with E-state index in [0.717, 1.165) is 11.5 Å². The minimum Gasteiger partial charge on any atom is -0.493 e. The number of amides is 3. The number of methoxy groups -OCH3 is 3. The van der Waals surface area contributed by atoms with E-state index in [1.165, 1.54) is 26.2 Å². The smallest absolute Gasteiger partial charge is 0.272 e. The van der Waals surface area contributed by atoms with E-state index < -0.39 is 17.7 Å². The van der Waals surface area contributed by atoms with Crippen molar-refractivity contribution in [3.8, 4) is 11.5 Å². The van der Waals surface area contributed by atoms with Crippen molar-refractivity contribution in [3.05, 3.63) is 28.8 Å². The molecule has 0 aliphatic rings. The maximum absolute atomic E-state index is 13.2. The fourth-order valence-electron chi connectivity index (χ4n) is 2.52. The second-order valence-corrected chi connectivity index (χ2v) is 6.68. The molecule has 1 aromatic heterocycles. The number of nitrogens with zero attached hydrogens (tertiary/aromatic N) is 2. The molecule has 0 aliphatic heterocycles. The van der Waals surface area contributed by atoms with Crippen molar-refractivity contribution in [1.29, 1.82) is 0 Å². The number of nitrogen functional groups attached to an aromatic ring is 1. The van der Waals surface area contributed by atoms with Gasteiger partial charge in [0.1, 0.15) is 11.4 Å². The molecule has 0 aliphatic carbocycles. The lowest BCUT2D eigenvalue weighted by molar-refractivity contribution is -0.119. The molecule has 0 spiro atoms. The Bertz CT molecular complexity index is 932. The third-order valence-electron chi connectivity index (χ3n) is 4.01. The van der Waals surface area contributed by atoms with E-state index in [0.29, 0.717) is 23.8 Å². The summed E-state index contributed by atoms with van der Waals surface area (Å²) in [4.78, 5) is 38.2. The SMILES string of the molecule is COCCNC(=O)CN(C(=O)c1snc(C(N)=O)c1N)c1ccc(OC)c(OC)c1. The fraction of sp³-hybridized carbons (Fsp3) is 0.333. The molecule has 2 rings (SSSR count). The molecular formula is C18H23N5O6S. The van der Waals surface area contributed by atoms with Gasteiger partial charge in [-0.05, 0) is 23.7 Å². The molecule has 0 unspecified atom stereocenters. The predicted molar refractivity (Wildman–Crippen MR) is 111 cm³/mol. The molecule has 0 atom stereocenters. The molecule has 30 heavy (non-hydrogen) atoms. The van der Waals surface area contributed by atoms with Crippen LogP contribution in [0.2, 0.25) is 0 Å². The van der Waals surface area contributed by atoms with Crippen LogP contribution in [0.4, 0.5) is 11.4 Å². The average molecular weight is 437 g/mol. The molecule has 12 heteroatoms. The summed E-state index contributed by atoms with van der Waals surface area (Å²) in [6.07, 6.45) is 0. The second kappa shape index (κ2) is 10.4. The van der Waals surface area contributed by atoms with Crippen LogP contribution in [-0.4, -0.2) is 63.1 Å². The monoisotopic (exact) mass is 437 g/mol. The van der Waals surface area contributed by atoms with Gasteiger partial charge in [0.15, 0.2) is 17.2 Å². The predicted octanol–water partition coefficient (Wildman–Crippen LogP) is 0.251. The highest BCUT2D eigenvalue weighted by molar-refractivity contribution is 7.09. The van der Waals surface area contributed by atoms with Gasteiger partial charge < -0.3 is 31.0 Å². The largest absolute Gasteiger partial charge is 0.493 e. The quantitative estimate of drug-likeness (QED) is 0.446. The average Bonchev–Trinajstić information content (AvgIpc) is 3.12. The zero-order valence-electron chi connectivity index (χ0n) is 16.8. The number of primary amides is 1. The number of nitrogens with one attached hydrogen (secondary N) is 1. The number of aromatic nitrogens is 1. The van der Waals surface area contributed by atoms with Crippen LogP contribution in [-0.2, 0) is 9.53 Å². The van der Waals surface area contributed by atoms with Crippen molar-refractivity contribution in [2.24, 2.45) is 5.73 Å². The van der Waals surface area contributed by atoms with Crippen LogP contribution in [0.15, 0.2) is 18.2 Å². The molecule has 1 heterocycles. The Morgan fingerprint density at radius 2 is 1.87 bits per heavy atom. The molecule has 162 valence electrons. The van der Waals surface area contributed by atoms with Gasteiger partial charge in [0.25, 0.3) is 11.8 Å².